The second kappa shape index (κ2) is 9.28. The number of carbonyl (C=O) groups is 4. The van der Waals surface area contributed by atoms with Gasteiger partial charge in [-0.25, -0.2) is 0 Å². The number of benzene rings is 4. The summed E-state index contributed by atoms with van der Waals surface area (Å²) in [5.41, 5.74) is 6.20. The molecule has 8 rings (SSSR count). The molecule has 5 nitrogen and oxygen atoms in total. The lowest BCUT2D eigenvalue weighted by atomic mass is 10.0. The SMILES string of the molecule is Cc1cc(C=C2C(=O)c3ccccc3C2=O)sc1-c1ccc2c(c1)oc1cc(C=C3C(=O)c4ccccc4C3=O)ccc12. The minimum absolute atomic E-state index is 0.155. The zero-order chi connectivity index (χ0) is 29.4. The van der Waals surface area contributed by atoms with Crippen molar-refractivity contribution in [1.29, 1.82) is 0 Å². The second-order valence-corrected chi connectivity index (χ2v) is 11.8. The van der Waals surface area contributed by atoms with Crippen LogP contribution in [-0.2, 0) is 0 Å². The Morgan fingerprint density at radius 2 is 1.09 bits per heavy atom. The van der Waals surface area contributed by atoms with E-state index in [1.807, 2.05) is 49.4 Å². The molecule has 0 fully saturated rings. The van der Waals surface area contributed by atoms with Crippen molar-refractivity contribution in [1.82, 2.24) is 0 Å². The first kappa shape index (κ1) is 25.3. The Balaban J connectivity index is 1.13. The number of Topliss-reactive ketones (excluding diaryl/α,β-unsaturated/α-hetero) is 4. The van der Waals surface area contributed by atoms with Crippen molar-refractivity contribution in [3.63, 3.8) is 0 Å². The summed E-state index contributed by atoms with van der Waals surface area (Å²) in [4.78, 5) is 53.3. The Hall–Kier alpha value is -5.46. The van der Waals surface area contributed by atoms with E-state index in [0.717, 1.165) is 31.7 Å². The van der Waals surface area contributed by atoms with E-state index in [1.165, 1.54) is 11.3 Å². The molecular formula is C37H20O5S. The van der Waals surface area contributed by atoms with Crippen LogP contribution in [0.1, 0.15) is 57.4 Å². The zero-order valence-electron chi connectivity index (χ0n) is 22.8. The summed E-state index contributed by atoms with van der Waals surface area (Å²) < 4.78 is 6.26. The van der Waals surface area contributed by atoms with Crippen LogP contribution in [0, 0.1) is 6.92 Å². The van der Waals surface area contributed by atoms with Crippen LogP contribution in [0.2, 0.25) is 0 Å². The maximum atomic E-state index is 12.9. The monoisotopic (exact) mass is 576 g/mol. The van der Waals surface area contributed by atoms with Gasteiger partial charge >= 0.3 is 0 Å². The summed E-state index contributed by atoms with van der Waals surface area (Å²) in [5, 5.41) is 1.89. The van der Waals surface area contributed by atoms with Crippen LogP contribution in [0.25, 0.3) is 44.5 Å². The normalized spacial score (nSPS) is 14.3. The van der Waals surface area contributed by atoms with Crippen LogP contribution >= 0.6 is 11.3 Å². The zero-order valence-corrected chi connectivity index (χ0v) is 23.6. The number of rotatable bonds is 3. The minimum atomic E-state index is -0.262. The Morgan fingerprint density at radius 1 is 0.581 bits per heavy atom. The highest BCUT2D eigenvalue weighted by Crippen LogP contribution is 2.39. The van der Waals surface area contributed by atoms with Gasteiger partial charge in [0, 0.05) is 42.8 Å². The maximum Gasteiger partial charge on any atom is 0.197 e. The van der Waals surface area contributed by atoms with E-state index < -0.39 is 0 Å². The predicted molar refractivity (Wildman–Crippen MR) is 168 cm³/mol. The molecule has 0 N–H and O–H groups in total. The first-order valence-corrected chi connectivity index (χ1v) is 14.6. The Bertz CT molecular complexity index is 2250. The number of hydrogen-bond donors (Lipinski definition) is 0. The van der Waals surface area contributed by atoms with E-state index in [0.29, 0.717) is 39.0 Å². The molecule has 0 atom stereocenters. The Morgan fingerprint density at radius 3 is 1.67 bits per heavy atom. The number of thiophene rings is 1. The van der Waals surface area contributed by atoms with Gasteiger partial charge in [-0.2, -0.15) is 0 Å². The molecule has 2 aliphatic rings. The summed E-state index contributed by atoms with van der Waals surface area (Å²) in [5.74, 6) is -0.999. The third kappa shape index (κ3) is 3.84. The molecule has 2 aliphatic carbocycles. The fourth-order valence-electron chi connectivity index (χ4n) is 6.01. The van der Waals surface area contributed by atoms with Gasteiger partial charge in [0.15, 0.2) is 23.1 Å². The minimum Gasteiger partial charge on any atom is -0.456 e. The van der Waals surface area contributed by atoms with Gasteiger partial charge in [-0.1, -0.05) is 60.7 Å². The molecular weight excluding hydrogens is 556 g/mol. The van der Waals surface area contributed by atoms with E-state index in [2.05, 4.69) is 0 Å². The molecule has 6 aromatic rings. The highest BCUT2D eigenvalue weighted by atomic mass is 32.1. The van der Waals surface area contributed by atoms with Crippen LogP contribution in [0.15, 0.2) is 107 Å². The number of carbonyl (C=O) groups excluding carboxylic acids is 4. The molecule has 0 unspecified atom stereocenters. The smallest absolute Gasteiger partial charge is 0.197 e. The van der Waals surface area contributed by atoms with E-state index in [-0.39, 0.29) is 34.3 Å². The highest BCUT2D eigenvalue weighted by molar-refractivity contribution is 7.16. The molecule has 0 saturated carbocycles. The van der Waals surface area contributed by atoms with Crippen molar-refractivity contribution in [2.45, 2.75) is 6.92 Å². The summed E-state index contributed by atoms with van der Waals surface area (Å²) in [6, 6.07) is 27.5. The molecule has 204 valence electrons. The van der Waals surface area contributed by atoms with Crippen molar-refractivity contribution in [3.05, 3.63) is 140 Å². The van der Waals surface area contributed by atoms with E-state index in [1.54, 1.807) is 60.7 Å². The quantitative estimate of drug-likeness (QED) is 0.156. The van der Waals surface area contributed by atoms with Crippen molar-refractivity contribution in [2.75, 3.05) is 0 Å². The molecule has 2 heterocycles. The summed E-state index contributed by atoms with van der Waals surface area (Å²) in [6.07, 6.45) is 3.33. The molecule has 0 radical (unpaired) electrons. The molecule has 2 aromatic heterocycles. The number of hydrogen-bond acceptors (Lipinski definition) is 6. The molecule has 43 heavy (non-hydrogen) atoms. The van der Waals surface area contributed by atoms with Gasteiger partial charge in [-0.15, -0.1) is 11.3 Å². The molecule has 6 heteroatoms. The summed E-state index contributed by atoms with van der Waals surface area (Å²) in [7, 11) is 0. The molecule has 0 spiro atoms. The standard InChI is InChI=1S/C37H20O5S/c1-19-14-22(18-30-35(40)27-8-4-5-9-28(27)36(30)41)43-37(19)21-11-13-24-23-12-10-20(16-31(23)42-32(24)17-21)15-29-33(38)25-6-2-3-7-26(25)34(29)39/h2-18H,1H3. The van der Waals surface area contributed by atoms with Crippen LogP contribution in [0.3, 0.4) is 0 Å². The number of allylic oxidation sites excluding steroid dienone is 2. The molecule has 0 bridgehead atoms. The molecule has 0 saturated heterocycles. The van der Waals surface area contributed by atoms with E-state index in [9.17, 15) is 19.2 Å². The van der Waals surface area contributed by atoms with Crippen molar-refractivity contribution in [2.24, 2.45) is 0 Å². The fraction of sp³-hybridized carbons (Fsp3) is 0.0270. The van der Waals surface area contributed by atoms with Crippen LogP contribution in [0.5, 0.6) is 0 Å². The topological polar surface area (TPSA) is 81.4 Å². The van der Waals surface area contributed by atoms with Gasteiger partial charge in [0.25, 0.3) is 0 Å². The van der Waals surface area contributed by atoms with Crippen molar-refractivity contribution in [3.8, 4) is 10.4 Å². The predicted octanol–water partition coefficient (Wildman–Crippen LogP) is 8.55. The van der Waals surface area contributed by atoms with E-state index in [4.69, 9.17) is 4.42 Å². The first-order chi connectivity index (χ1) is 20.9. The number of ketones is 4. The van der Waals surface area contributed by atoms with Crippen LogP contribution in [0.4, 0.5) is 0 Å². The van der Waals surface area contributed by atoms with Gasteiger partial charge in [-0.3, -0.25) is 19.2 Å². The van der Waals surface area contributed by atoms with Gasteiger partial charge in [-0.05, 0) is 66.1 Å². The van der Waals surface area contributed by atoms with Gasteiger partial charge in [0.2, 0.25) is 0 Å². The van der Waals surface area contributed by atoms with Gasteiger partial charge in [0.05, 0.1) is 11.1 Å². The van der Waals surface area contributed by atoms with E-state index >= 15 is 0 Å². The number of fused-ring (bicyclic) bond motifs is 5. The lowest BCUT2D eigenvalue weighted by Crippen LogP contribution is -2.00. The third-order valence-electron chi connectivity index (χ3n) is 8.11. The lowest BCUT2D eigenvalue weighted by molar-refractivity contribution is 0.0975. The Kier molecular flexibility index (Phi) is 5.45. The van der Waals surface area contributed by atoms with Crippen LogP contribution in [-0.4, -0.2) is 23.1 Å². The molecule has 4 aromatic carbocycles. The van der Waals surface area contributed by atoms with Gasteiger partial charge < -0.3 is 4.42 Å². The summed E-state index contributed by atoms with van der Waals surface area (Å²) >= 11 is 1.52. The highest BCUT2D eigenvalue weighted by Gasteiger charge is 2.33. The largest absolute Gasteiger partial charge is 0.456 e. The first-order valence-electron chi connectivity index (χ1n) is 13.7. The third-order valence-corrected chi connectivity index (χ3v) is 9.34. The van der Waals surface area contributed by atoms with Gasteiger partial charge in [0.1, 0.15) is 11.2 Å². The average Bonchev–Trinajstić information content (AvgIpc) is 3.71. The average molecular weight is 577 g/mol. The van der Waals surface area contributed by atoms with Crippen molar-refractivity contribution >= 4 is 68.6 Å². The summed E-state index contributed by atoms with van der Waals surface area (Å²) in [6.45, 7) is 2.01. The number of aryl methyl sites for hydroxylation is 1. The Labute approximate surface area is 249 Å². The van der Waals surface area contributed by atoms with Crippen molar-refractivity contribution < 1.29 is 23.6 Å². The molecule has 0 amide bonds. The fourth-order valence-corrected chi connectivity index (χ4v) is 7.12. The molecule has 0 aliphatic heterocycles. The lowest BCUT2D eigenvalue weighted by Gasteiger charge is -2.00. The maximum absolute atomic E-state index is 12.9. The number of furan rings is 1. The van der Waals surface area contributed by atoms with Crippen LogP contribution < -0.4 is 0 Å². The second-order valence-electron chi connectivity index (χ2n) is 10.8.